The fourth-order valence-corrected chi connectivity index (χ4v) is 12.7. The predicted octanol–water partition coefficient (Wildman–Crippen LogP) is 7.07. The van der Waals surface area contributed by atoms with Crippen LogP contribution in [0.3, 0.4) is 0 Å². The molecule has 18 nitrogen and oxygen atoms in total. The van der Waals surface area contributed by atoms with Crippen LogP contribution < -0.4 is 0 Å². The summed E-state index contributed by atoms with van der Waals surface area (Å²) in [5, 5.41) is 1.47. The van der Waals surface area contributed by atoms with Gasteiger partial charge in [-0.25, -0.2) is 5.06 Å². The van der Waals surface area contributed by atoms with E-state index in [1.165, 1.54) is 17.2 Å². The molecule has 0 aromatic heterocycles. The van der Waals surface area contributed by atoms with Gasteiger partial charge in [-0.3, -0.25) is 57.8 Å². The molecule has 6 amide bonds. The lowest BCUT2D eigenvalue weighted by atomic mass is 9.83. The number of nitrogens with zero attached hydrogens (tertiary/aromatic N) is 6. The molecule has 80 heavy (non-hydrogen) atoms. The molecule has 0 unspecified atom stereocenters. The summed E-state index contributed by atoms with van der Waals surface area (Å²) in [7, 11) is 8.46. The van der Waals surface area contributed by atoms with Crippen LogP contribution in [0.5, 0.6) is 0 Å². The zero-order valence-corrected chi connectivity index (χ0v) is 50.3. The van der Waals surface area contributed by atoms with Crippen LogP contribution in [0.1, 0.15) is 156 Å². The first-order valence-corrected chi connectivity index (χ1v) is 29.7. The molecule has 4 aliphatic rings. The molecule has 3 heterocycles. The SMILES string of the molecule is CC[C@H](C)[C@@H]([C@@H](CC(=O)N1CCC[C@H]1[C@H](OC)[C@@H](C)C(=O)C[C@@]1(C(=O)N2CCCCO2)C[C@@H]1c1ccccc1)OC)N(C)C(=O)[C@@H](CC(=O)[C@H](C(C)C)N(C)CCCC(=O)CCCN(C)C(=O)CCCN1C(=O)C=CC1=O)C(C)C. The smallest absolute Gasteiger partial charge is 0.253 e. The quantitative estimate of drug-likeness (QED) is 0.0635. The predicted molar refractivity (Wildman–Crippen MR) is 304 cm³/mol. The largest absolute Gasteiger partial charge is 0.379 e. The molecule has 0 spiro atoms. The summed E-state index contributed by atoms with van der Waals surface area (Å²) in [6.45, 7) is 16.3. The summed E-state index contributed by atoms with van der Waals surface area (Å²) in [6, 6.07) is 8.48. The number of carbonyl (C=O) groups is 9. The highest BCUT2D eigenvalue weighted by atomic mass is 16.7. The van der Waals surface area contributed by atoms with E-state index in [4.69, 9.17) is 14.3 Å². The van der Waals surface area contributed by atoms with Crippen molar-refractivity contribution in [3.8, 4) is 0 Å². The Labute approximate surface area is 476 Å². The van der Waals surface area contributed by atoms with Gasteiger partial charge in [0.15, 0.2) is 5.78 Å². The number of hydrogen-bond acceptors (Lipinski definition) is 13. The average Bonchev–Trinajstić information content (AvgIpc) is 3.82. The molecule has 0 radical (unpaired) electrons. The molecule has 10 atom stereocenters. The van der Waals surface area contributed by atoms with Crippen LogP contribution in [0.15, 0.2) is 42.5 Å². The molecule has 1 aliphatic carbocycles. The van der Waals surface area contributed by atoms with Crippen LogP contribution in [-0.4, -0.2) is 187 Å². The second kappa shape index (κ2) is 30.8. The van der Waals surface area contributed by atoms with E-state index in [1.807, 2.05) is 95.6 Å². The number of likely N-dealkylation sites (N-methyl/N-ethyl adjacent to an activating group) is 2. The molecular formula is C62H96N6O12. The lowest BCUT2D eigenvalue weighted by molar-refractivity contribution is -0.203. The molecule has 0 bridgehead atoms. The van der Waals surface area contributed by atoms with Gasteiger partial charge in [-0.2, -0.15) is 0 Å². The Morgan fingerprint density at radius 3 is 2.02 bits per heavy atom. The maximum atomic E-state index is 14.8. The zero-order valence-electron chi connectivity index (χ0n) is 50.3. The minimum atomic E-state index is -0.914. The van der Waals surface area contributed by atoms with E-state index >= 15 is 0 Å². The summed E-state index contributed by atoms with van der Waals surface area (Å²) in [4.78, 5) is 136. The molecule has 3 fully saturated rings. The molecule has 3 aliphatic heterocycles. The van der Waals surface area contributed by atoms with Crippen LogP contribution in [-0.2, 0) is 57.5 Å². The number of hydrogen-bond donors (Lipinski definition) is 0. The van der Waals surface area contributed by atoms with E-state index in [2.05, 4.69) is 0 Å². The Morgan fingerprint density at radius 1 is 0.775 bits per heavy atom. The van der Waals surface area contributed by atoms with Crippen molar-refractivity contribution in [1.29, 1.82) is 0 Å². The Kier molecular flexibility index (Phi) is 25.2. The van der Waals surface area contributed by atoms with Gasteiger partial charge in [0.1, 0.15) is 11.6 Å². The van der Waals surface area contributed by atoms with E-state index in [0.29, 0.717) is 84.2 Å². The number of Topliss-reactive ketones (excluding diaryl/α,β-unsaturated/α-hetero) is 3. The van der Waals surface area contributed by atoms with Crippen molar-refractivity contribution in [3.63, 3.8) is 0 Å². The van der Waals surface area contributed by atoms with Gasteiger partial charge in [-0.1, -0.05) is 85.2 Å². The summed E-state index contributed by atoms with van der Waals surface area (Å²) >= 11 is 0. The van der Waals surface area contributed by atoms with Crippen molar-refractivity contribution in [1.82, 2.24) is 29.6 Å². The third kappa shape index (κ3) is 16.7. The van der Waals surface area contributed by atoms with Crippen LogP contribution in [0.25, 0.3) is 0 Å². The minimum Gasteiger partial charge on any atom is -0.379 e. The summed E-state index contributed by atoms with van der Waals surface area (Å²) in [6.07, 6.45) is 7.76. The van der Waals surface area contributed by atoms with Gasteiger partial charge < -0.3 is 24.2 Å². The van der Waals surface area contributed by atoms with Gasteiger partial charge >= 0.3 is 0 Å². The van der Waals surface area contributed by atoms with Crippen molar-refractivity contribution in [2.45, 2.75) is 181 Å². The number of ketones is 3. The summed E-state index contributed by atoms with van der Waals surface area (Å²) < 4.78 is 12.3. The highest BCUT2D eigenvalue weighted by Crippen LogP contribution is 2.63. The van der Waals surface area contributed by atoms with Gasteiger partial charge in [0.05, 0.1) is 48.8 Å². The second-order valence-electron chi connectivity index (χ2n) is 24.0. The Morgan fingerprint density at radius 2 is 1.44 bits per heavy atom. The Hall–Kier alpha value is -5.17. The Bertz CT molecular complexity index is 2300. The first-order valence-electron chi connectivity index (χ1n) is 29.7. The van der Waals surface area contributed by atoms with Crippen molar-refractivity contribution in [3.05, 3.63) is 48.0 Å². The number of carbonyl (C=O) groups excluding carboxylic acids is 9. The molecule has 2 saturated heterocycles. The third-order valence-corrected chi connectivity index (χ3v) is 17.8. The maximum Gasteiger partial charge on any atom is 0.253 e. The van der Waals surface area contributed by atoms with Gasteiger partial charge in [0.2, 0.25) is 17.7 Å². The molecule has 0 N–H and O–H groups in total. The number of ether oxygens (including phenoxy) is 2. The highest BCUT2D eigenvalue weighted by Gasteiger charge is 2.63. The fraction of sp³-hybridized carbons (Fsp3) is 0.726. The topological polar surface area (TPSA) is 201 Å². The minimum absolute atomic E-state index is 0.0115. The molecule has 446 valence electrons. The number of methoxy groups -OCH3 is 2. The van der Waals surface area contributed by atoms with Gasteiger partial charge in [0, 0.05) is 111 Å². The fourth-order valence-electron chi connectivity index (χ4n) is 12.7. The van der Waals surface area contributed by atoms with Crippen LogP contribution in [0, 0.1) is 35.0 Å². The van der Waals surface area contributed by atoms with Gasteiger partial charge in [-0.15, -0.1) is 0 Å². The molecule has 18 heteroatoms. The number of rotatable bonds is 34. The van der Waals surface area contributed by atoms with Crippen molar-refractivity contribution < 1.29 is 57.5 Å². The zero-order chi connectivity index (χ0) is 59.0. The first kappa shape index (κ1) is 65.6. The average molecular weight is 1120 g/mol. The maximum absolute atomic E-state index is 14.8. The lowest BCUT2D eigenvalue weighted by Gasteiger charge is -2.41. The number of amides is 6. The molecule has 1 aromatic rings. The van der Waals surface area contributed by atoms with Crippen molar-refractivity contribution >= 4 is 52.8 Å². The molecule has 5 rings (SSSR count). The first-order chi connectivity index (χ1) is 38.0. The van der Waals surface area contributed by atoms with E-state index in [0.717, 1.165) is 29.7 Å². The van der Waals surface area contributed by atoms with Gasteiger partial charge in [0.25, 0.3) is 17.7 Å². The summed E-state index contributed by atoms with van der Waals surface area (Å²) in [5.74, 6) is -3.13. The number of imide groups is 1. The normalized spacial score (nSPS) is 21.9. The number of hydroxylamine groups is 2. The molecular weight excluding hydrogens is 1020 g/mol. The van der Waals surface area contributed by atoms with Crippen molar-refractivity contribution in [2.24, 2.45) is 35.0 Å². The number of benzene rings is 1. The van der Waals surface area contributed by atoms with E-state index in [9.17, 15) is 43.2 Å². The third-order valence-electron chi connectivity index (χ3n) is 17.8. The van der Waals surface area contributed by atoms with Crippen LogP contribution in [0.4, 0.5) is 0 Å². The molecule has 1 aromatic carbocycles. The van der Waals surface area contributed by atoms with E-state index < -0.39 is 47.6 Å². The van der Waals surface area contributed by atoms with E-state index in [-0.39, 0.29) is 109 Å². The van der Waals surface area contributed by atoms with Crippen molar-refractivity contribution in [2.75, 3.05) is 74.7 Å². The van der Waals surface area contributed by atoms with E-state index in [1.54, 1.807) is 38.1 Å². The highest BCUT2D eigenvalue weighted by molar-refractivity contribution is 6.12. The number of likely N-dealkylation sites (tertiary alicyclic amines) is 1. The van der Waals surface area contributed by atoms with Gasteiger partial charge in [-0.05, 0) is 94.2 Å². The monoisotopic (exact) mass is 1120 g/mol. The second-order valence-corrected chi connectivity index (χ2v) is 24.0. The molecule has 1 saturated carbocycles. The standard InChI is InChI=1S/C62H96N6O12/c1-13-43(6)58(52(78-11)38-56(75)66-33-21-27-49(66)59(79-12)44(7)51(71)40-62(61(77)68-35-17-18-36-80-68)39-48(62)45-23-15-14-16-24-45)65(10)60(76)47(41(2)3)37-50(70)57(42(4)5)64(9)32-20-26-46(69)25-19-31-63(8)53(72)28-22-34-67-54(73)29-30-55(67)74/h14-16,23-24,29-30,41-44,47-49,52,57-59H,13,17-22,25-28,31-40H2,1-12H3/t43-,44-,47-,48+,49-,52+,57-,58-,59+,62-/m0/s1. The van der Waals surface area contributed by atoms with Crippen LogP contribution >= 0.6 is 0 Å². The summed E-state index contributed by atoms with van der Waals surface area (Å²) in [5.41, 5.74) is 0.108. The Balaban J connectivity index is 1.16. The lowest BCUT2D eigenvalue weighted by Crippen LogP contribution is -2.54. The van der Waals surface area contributed by atoms with Crippen LogP contribution in [0.2, 0.25) is 0 Å².